The first kappa shape index (κ1) is 15.1. The molecule has 0 spiro atoms. The second-order valence-electron chi connectivity index (χ2n) is 5.76. The maximum atomic E-state index is 11.9. The molecule has 0 aromatic heterocycles. The Morgan fingerprint density at radius 3 is 2.22 bits per heavy atom. The molecule has 2 aromatic carbocycles. The highest BCUT2D eigenvalue weighted by Crippen LogP contribution is 2.24. The van der Waals surface area contributed by atoms with Crippen LogP contribution in [0.3, 0.4) is 0 Å². The molecule has 0 heterocycles. The predicted octanol–water partition coefficient (Wildman–Crippen LogP) is 3.27. The van der Waals surface area contributed by atoms with Crippen molar-refractivity contribution in [3.05, 3.63) is 54.1 Å². The van der Waals surface area contributed by atoms with Crippen LogP contribution in [0.15, 0.2) is 48.5 Å². The van der Waals surface area contributed by atoms with Crippen molar-refractivity contribution in [2.24, 2.45) is 0 Å². The number of hydrogen-bond donors (Lipinski definition) is 1. The number of rotatable bonds is 5. The van der Waals surface area contributed by atoms with Gasteiger partial charge in [0.05, 0.1) is 11.6 Å². The molecule has 4 heteroatoms. The van der Waals surface area contributed by atoms with Gasteiger partial charge in [-0.1, -0.05) is 24.3 Å². The Balaban J connectivity index is 1.64. The van der Waals surface area contributed by atoms with Crippen molar-refractivity contribution >= 4 is 5.91 Å². The van der Waals surface area contributed by atoms with E-state index in [2.05, 4.69) is 11.4 Å². The van der Waals surface area contributed by atoms with E-state index in [4.69, 9.17) is 10.00 Å². The highest BCUT2D eigenvalue weighted by atomic mass is 16.5. The van der Waals surface area contributed by atoms with Gasteiger partial charge >= 0.3 is 0 Å². The summed E-state index contributed by atoms with van der Waals surface area (Å²) in [6, 6.07) is 17.5. The van der Waals surface area contributed by atoms with E-state index in [0.29, 0.717) is 17.4 Å². The first-order chi connectivity index (χ1) is 11.2. The SMILES string of the molecule is C[C@H](Oc1ccc(-c2ccc(C#N)cc2)cc1)C(=O)NC1CC1. The molecule has 2 aromatic rings. The number of ether oxygens (including phenoxy) is 1. The Morgan fingerprint density at radius 2 is 1.70 bits per heavy atom. The fourth-order valence-electron chi connectivity index (χ4n) is 2.27. The number of benzene rings is 2. The Labute approximate surface area is 135 Å². The predicted molar refractivity (Wildman–Crippen MR) is 87.8 cm³/mol. The van der Waals surface area contributed by atoms with E-state index < -0.39 is 6.10 Å². The summed E-state index contributed by atoms with van der Waals surface area (Å²) in [5.41, 5.74) is 2.72. The molecule has 0 aliphatic heterocycles. The summed E-state index contributed by atoms with van der Waals surface area (Å²) in [7, 11) is 0. The lowest BCUT2D eigenvalue weighted by molar-refractivity contribution is -0.127. The van der Waals surface area contributed by atoms with E-state index >= 15 is 0 Å². The first-order valence-corrected chi connectivity index (χ1v) is 7.73. The average Bonchev–Trinajstić information content (AvgIpc) is 3.39. The molecule has 23 heavy (non-hydrogen) atoms. The lowest BCUT2D eigenvalue weighted by Gasteiger charge is -2.14. The quantitative estimate of drug-likeness (QED) is 0.922. The Hall–Kier alpha value is -2.80. The van der Waals surface area contributed by atoms with Crippen molar-refractivity contribution in [3.8, 4) is 22.9 Å². The van der Waals surface area contributed by atoms with Crippen LogP contribution in [0, 0.1) is 11.3 Å². The number of carbonyl (C=O) groups excluding carboxylic acids is 1. The summed E-state index contributed by atoms with van der Waals surface area (Å²) in [4.78, 5) is 11.9. The number of amides is 1. The minimum absolute atomic E-state index is 0.0660. The number of nitrogens with zero attached hydrogens (tertiary/aromatic N) is 1. The molecule has 1 saturated carbocycles. The van der Waals surface area contributed by atoms with Gasteiger partial charge in [-0.15, -0.1) is 0 Å². The van der Waals surface area contributed by atoms with Crippen LogP contribution >= 0.6 is 0 Å². The normalized spacial score (nSPS) is 14.6. The minimum Gasteiger partial charge on any atom is -0.481 e. The number of nitriles is 1. The van der Waals surface area contributed by atoms with E-state index in [1.54, 1.807) is 19.1 Å². The van der Waals surface area contributed by atoms with Crippen LogP contribution < -0.4 is 10.1 Å². The fourth-order valence-corrected chi connectivity index (χ4v) is 2.27. The first-order valence-electron chi connectivity index (χ1n) is 7.73. The molecule has 116 valence electrons. The largest absolute Gasteiger partial charge is 0.481 e. The molecular weight excluding hydrogens is 288 g/mol. The van der Waals surface area contributed by atoms with Gasteiger partial charge in [0.25, 0.3) is 5.91 Å². The fraction of sp³-hybridized carbons (Fsp3) is 0.263. The van der Waals surface area contributed by atoms with Crippen LogP contribution in [0.2, 0.25) is 0 Å². The average molecular weight is 306 g/mol. The third-order valence-electron chi connectivity index (χ3n) is 3.81. The molecule has 0 radical (unpaired) electrons. The van der Waals surface area contributed by atoms with E-state index in [1.807, 2.05) is 36.4 Å². The van der Waals surface area contributed by atoms with Crippen LogP contribution in [-0.2, 0) is 4.79 Å². The van der Waals surface area contributed by atoms with Crippen LogP contribution in [0.4, 0.5) is 0 Å². The Kier molecular flexibility index (Phi) is 4.29. The Bertz CT molecular complexity index is 725. The van der Waals surface area contributed by atoms with Crippen LogP contribution in [0.5, 0.6) is 5.75 Å². The number of carbonyl (C=O) groups is 1. The standard InChI is InChI=1S/C19H18N2O2/c1-13(19(22)21-17-8-9-17)23-18-10-6-16(7-11-18)15-4-2-14(12-20)3-5-15/h2-7,10-11,13,17H,8-9H2,1H3,(H,21,22)/t13-/m0/s1. The van der Waals surface area contributed by atoms with Gasteiger partial charge in [-0.3, -0.25) is 4.79 Å². The maximum Gasteiger partial charge on any atom is 0.260 e. The third-order valence-corrected chi connectivity index (χ3v) is 3.81. The van der Waals surface area contributed by atoms with E-state index in [1.165, 1.54) is 0 Å². The molecule has 4 nitrogen and oxygen atoms in total. The van der Waals surface area contributed by atoms with Gasteiger partial charge < -0.3 is 10.1 Å². The van der Waals surface area contributed by atoms with Crippen molar-refractivity contribution in [1.82, 2.24) is 5.32 Å². The zero-order valence-corrected chi connectivity index (χ0v) is 13.0. The smallest absolute Gasteiger partial charge is 0.260 e. The summed E-state index contributed by atoms with van der Waals surface area (Å²) in [6.45, 7) is 1.76. The molecule has 1 fully saturated rings. The molecule has 1 N–H and O–H groups in total. The maximum absolute atomic E-state index is 11.9. The van der Waals surface area contributed by atoms with Crippen molar-refractivity contribution in [3.63, 3.8) is 0 Å². The van der Waals surface area contributed by atoms with Gasteiger partial charge in [0, 0.05) is 6.04 Å². The third kappa shape index (κ3) is 3.89. The summed E-state index contributed by atoms with van der Waals surface area (Å²) in [6.07, 6.45) is 1.63. The van der Waals surface area contributed by atoms with E-state index in [-0.39, 0.29) is 5.91 Å². The molecule has 0 saturated heterocycles. The molecule has 0 unspecified atom stereocenters. The lowest BCUT2D eigenvalue weighted by atomic mass is 10.0. The summed E-state index contributed by atoms with van der Waals surface area (Å²) in [5, 5.41) is 11.8. The molecule has 3 rings (SSSR count). The highest BCUT2D eigenvalue weighted by Gasteiger charge is 2.26. The second kappa shape index (κ2) is 6.53. The second-order valence-corrected chi connectivity index (χ2v) is 5.76. The topological polar surface area (TPSA) is 62.1 Å². The molecular formula is C19H18N2O2. The van der Waals surface area contributed by atoms with E-state index in [9.17, 15) is 4.79 Å². The minimum atomic E-state index is -0.503. The zero-order chi connectivity index (χ0) is 16.2. The van der Waals surface area contributed by atoms with Crippen molar-refractivity contribution in [2.75, 3.05) is 0 Å². The van der Waals surface area contributed by atoms with Gasteiger partial charge in [0.2, 0.25) is 0 Å². The summed E-state index contributed by atoms with van der Waals surface area (Å²) in [5.74, 6) is 0.601. The summed E-state index contributed by atoms with van der Waals surface area (Å²) < 4.78 is 5.68. The van der Waals surface area contributed by atoms with Crippen molar-refractivity contribution in [2.45, 2.75) is 31.9 Å². The van der Waals surface area contributed by atoms with Crippen LogP contribution in [0.1, 0.15) is 25.3 Å². The van der Waals surface area contributed by atoms with Gasteiger partial charge in [0.1, 0.15) is 5.75 Å². The monoisotopic (exact) mass is 306 g/mol. The number of nitrogens with one attached hydrogen (secondary N) is 1. The van der Waals surface area contributed by atoms with Crippen LogP contribution in [0.25, 0.3) is 11.1 Å². The molecule has 1 aliphatic carbocycles. The summed E-state index contributed by atoms with van der Waals surface area (Å²) >= 11 is 0. The van der Waals surface area contributed by atoms with Crippen molar-refractivity contribution < 1.29 is 9.53 Å². The molecule has 1 amide bonds. The van der Waals surface area contributed by atoms with Crippen molar-refractivity contribution in [1.29, 1.82) is 5.26 Å². The van der Waals surface area contributed by atoms with Gasteiger partial charge in [-0.2, -0.15) is 5.26 Å². The molecule has 1 atom stereocenters. The van der Waals surface area contributed by atoms with Gasteiger partial charge in [-0.05, 0) is 55.2 Å². The van der Waals surface area contributed by atoms with E-state index in [0.717, 1.165) is 24.0 Å². The number of hydrogen-bond acceptors (Lipinski definition) is 3. The molecule has 1 aliphatic rings. The Morgan fingerprint density at radius 1 is 1.13 bits per heavy atom. The van der Waals surface area contributed by atoms with Gasteiger partial charge in [-0.25, -0.2) is 0 Å². The van der Waals surface area contributed by atoms with Crippen LogP contribution in [-0.4, -0.2) is 18.1 Å². The lowest BCUT2D eigenvalue weighted by Crippen LogP contribution is -2.37. The molecule has 0 bridgehead atoms. The van der Waals surface area contributed by atoms with Gasteiger partial charge in [0.15, 0.2) is 6.10 Å². The highest BCUT2D eigenvalue weighted by molar-refractivity contribution is 5.81. The zero-order valence-electron chi connectivity index (χ0n) is 13.0.